The zero-order valence-electron chi connectivity index (χ0n) is 11.6. The summed E-state index contributed by atoms with van der Waals surface area (Å²) in [6, 6.07) is 4.82. The molecule has 6 heteroatoms. The van der Waals surface area contributed by atoms with Gasteiger partial charge in [-0.25, -0.2) is 0 Å². The number of halogens is 2. The maximum atomic E-state index is 12.3. The Morgan fingerprint density at radius 1 is 1.48 bits per heavy atom. The first kappa shape index (κ1) is 15.9. The van der Waals surface area contributed by atoms with Gasteiger partial charge in [-0.3, -0.25) is 9.59 Å². The van der Waals surface area contributed by atoms with Crippen molar-refractivity contribution < 1.29 is 9.59 Å². The van der Waals surface area contributed by atoms with Crippen LogP contribution in [-0.4, -0.2) is 35.8 Å². The minimum absolute atomic E-state index is 0.105. The fraction of sp³-hybridized carbons (Fsp3) is 0.333. The van der Waals surface area contributed by atoms with Gasteiger partial charge in [0, 0.05) is 19.2 Å². The maximum Gasteiger partial charge on any atom is 0.247 e. The third-order valence-corrected chi connectivity index (χ3v) is 4.22. The van der Waals surface area contributed by atoms with E-state index in [1.165, 1.54) is 6.08 Å². The molecule has 1 atom stereocenters. The van der Waals surface area contributed by atoms with E-state index in [2.05, 4.69) is 5.32 Å². The Labute approximate surface area is 133 Å². The number of rotatable bonds is 3. The van der Waals surface area contributed by atoms with Crippen molar-refractivity contribution in [3.8, 4) is 0 Å². The fourth-order valence-corrected chi connectivity index (χ4v) is 2.66. The molecule has 2 rings (SSSR count). The molecule has 0 aromatic heterocycles. The van der Waals surface area contributed by atoms with Gasteiger partial charge in [0.15, 0.2) is 0 Å². The number of carbonyl (C=O) groups excluding carboxylic acids is 2. The van der Waals surface area contributed by atoms with Gasteiger partial charge in [0.05, 0.1) is 10.0 Å². The van der Waals surface area contributed by atoms with Crippen LogP contribution in [0.1, 0.15) is 18.9 Å². The SMILES string of the molecule is CCC1C(=O)NCCN1C(=O)C=Cc1cccc(Cl)c1Cl. The normalized spacial score (nSPS) is 18.9. The van der Waals surface area contributed by atoms with E-state index >= 15 is 0 Å². The summed E-state index contributed by atoms with van der Waals surface area (Å²) in [6.45, 7) is 2.87. The number of amides is 2. The van der Waals surface area contributed by atoms with Crippen molar-refractivity contribution in [2.24, 2.45) is 0 Å². The van der Waals surface area contributed by atoms with Crippen LogP contribution >= 0.6 is 23.2 Å². The number of benzene rings is 1. The monoisotopic (exact) mass is 326 g/mol. The summed E-state index contributed by atoms with van der Waals surface area (Å²) in [5.74, 6) is -0.306. The summed E-state index contributed by atoms with van der Waals surface area (Å²) in [4.78, 5) is 25.6. The first-order valence-electron chi connectivity index (χ1n) is 6.75. The molecule has 1 fully saturated rings. The first-order valence-corrected chi connectivity index (χ1v) is 7.50. The van der Waals surface area contributed by atoms with Gasteiger partial charge in [-0.15, -0.1) is 0 Å². The lowest BCUT2D eigenvalue weighted by Crippen LogP contribution is -2.56. The molecule has 1 aromatic rings. The van der Waals surface area contributed by atoms with Crippen LogP contribution in [0, 0.1) is 0 Å². The lowest BCUT2D eigenvalue weighted by atomic mass is 10.1. The van der Waals surface area contributed by atoms with Gasteiger partial charge in [0.2, 0.25) is 11.8 Å². The Balaban J connectivity index is 2.15. The predicted octanol–water partition coefficient (Wildman–Crippen LogP) is 2.74. The van der Waals surface area contributed by atoms with E-state index in [4.69, 9.17) is 23.2 Å². The lowest BCUT2D eigenvalue weighted by Gasteiger charge is -2.33. The molecule has 0 aliphatic carbocycles. The molecular weight excluding hydrogens is 311 g/mol. The third-order valence-electron chi connectivity index (χ3n) is 3.39. The molecule has 1 saturated heterocycles. The third kappa shape index (κ3) is 3.57. The summed E-state index contributed by atoms with van der Waals surface area (Å²) in [5, 5.41) is 3.61. The number of nitrogens with zero attached hydrogens (tertiary/aromatic N) is 1. The lowest BCUT2D eigenvalue weighted by molar-refractivity contribution is -0.140. The Morgan fingerprint density at radius 2 is 2.24 bits per heavy atom. The molecule has 1 heterocycles. The number of hydrogen-bond donors (Lipinski definition) is 1. The van der Waals surface area contributed by atoms with Gasteiger partial charge < -0.3 is 10.2 Å². The minimum Gasteiger partial charge on any atom is -0.353 e. The molecule has 1 aliphatic rings. The van der Waals surface area contributed by atoms with Crippen LogP contribution in [0.15, 0.2) is 24.3 Å². The molecule has 0 spiro atoms. The second kappa shape index (κ2) is 6.96. The van der Waals surface area contributed by atoms with Gasteiger partial charge >= 0.3 is 0 Å². The van der Waals surface area contributed by atoms with E-state index in [0.717, 1.165) is 0 Å². The molecule has 1 N–H and O–H groups in total. The van der Waals surface area contributed by atoms with Crippen LogP contribution in [0.4, 0.5) is 0 Å². The highest BCUT2D eigenvalue weighted by Gasteiger charge is 2.30. The van der Waals surface area contributed by atoms with Gasteiger partial charge in [-0.1, -0.05) is 42.3 Å². The van der Waals surface area contributed by atoms with Crippen molar-refractivity contribution in [3.63, 3.8) is 0 Å². The molecule has 1 unspecified atom stereocenters. The van der Waals surface area contributed by atoms with E-state index in [0.29, 0.717) is 35.1 Å². The summed E-state index contributed by atoms with van der Waals surface area (Å²) >= 11 is 12.0. The molecule has 112 valence electrons. The molecule has 4 nitrogen and oxygen atoms in total. The molecule has 0 radical (unpaired) electrons. The highest BCUT2D eigenvalue weighted by Crippen LogP contribution is 2.26. The second-order valence-corrected chi connectivity index (χ2v) is 5.51. The van der Waals surface area contributed by atoms with Crippen LogP contribution in [0.25, 0.3) is 6.08 Å². The Bertz CT molecular complexity index is 587. The average Bonchev–Trinajstić information content (AvgIpc) is 2.48. The summed E-state index contributed by atoms with van der Waals surface area (Å²) in [7, 11) is 0. The maximum absolute atomic E-state index is 12.3. The highest BCUT2D eigenvalue weighted by atomic mass is 35.5. The number of carbonyl (C=O) groups is 2. The van der Waals surface area contributed by atoms with Crippen molar-refractivity contribution >= 4 is 41.1 Å². The molecule has 1 aliphatic heterocycles. The fourth-order valence-electron chi connectivity index (χ4n) is 2.29. The van der Waals surface area contributed by atoms with Crippen LogP contribution in [0.5, 0.6) is 0 Å². The van der Waals surface area contributed by atoms with Crippen molar-refractivity contribution in [3.05, 3.63) is 39.9 Å². The summed E-state index contributed by atoms with van der Waals surface area (Å²) in [5.41, 5.74) is 0.673. The smallest absolute Gasteiger partial charge is 0.247 e. The predicted molar refractivity (Wildman–Crippen MR) is 84.3 cm³/mol. The second-order valence-electron chi connectivity index (χ2n) is 4.72. The van der Waals surface area contributed by atoms with Gasteiger partial charge in [0.1, 0.15) is 6.04 Å². The molecular formula is C15H16Cl2N2O2. The van der Waals surface area contributed by atoms with Gasteiger partial charge in [-0.05, 0) is 24.1 Å². The van der Waals surface area contributed by atoms with Crippen molar-refractivity contribution in [1.82, 2.24) is 10.2 Å². The largest absolute Gasteiger partial charge is 0.353 e. The van der Waals surface area contributed by atoms with Crippen molar-refractivity contribution in [2.45, 2.75) is 19.4 Å². The quantitative estimate of drug-likeness (QED) is 0.868. The topological polar surface area (TPSA) is 49.4 Å². The van der Waals surface area contributed by atoms with Gasteiger partial charge in [-0.2, -0.15) is 0 Å². The van der Waals surface area contributed by atoms with E-state index in [1.807, 2.05) is 6.92 Å². The number of nitrogens with one attached hydrogen (secondary N) is 1. The molecule has 0 saturated carbocycles. The number of hydrogen-bond acceptors (Lipinski definition) is 2. The Hall–Kier alpha value is -1.52. The number of piperazine rings is 1. The highest BCUT2D eigenvalue weighted by molar-refractivity contribution is 6.42. The Morgan fingerprint density at radius 3 is 2.95 bits per heavy atom. The summed E-state index contributed by atoms with van der Waals surface area (Å²) in [6.07, 6.45) is 3.64. The molecule has 21 heavy (non-hydrogen) atoms. The van der Waals surface area contributed by atoms with E-state index in [-0.39, 0.29) is 11.8 Å². The zero-order valence-corrected chi connectivity index (χ0v) is 13.1. The Kier molecular flexibility index (Phi) is 5.26. The standard InChI is InChI=1S/C15H16Cl2N2O2/c1-2-12-15(21)18-8-9-19(12)13(20)7-6-10-4-3-5-11(16)14(10)17/h3-7,12H,2,8-9H2,1H3,(H,18,21). The van der Waals surface area contributed by atoms with Crippen molar-refractivity contribution in [2.75, 3.05) is 13.1 Å². The van der Waals surface area contributed by atoms with E-state index in [9.17, 15) is 9.59 Å². The molecule has 0 bridgehead atoms. The van der Waals surface area contributed by atoms with E-state index in [1.54, 1.807) is 29.2 Å². The summed E-state index contributed by atoms with van der Waals surface area (Å²) < 4.78 is 0. The van der Waals surface area contributed by atoms with Crippen LogP contribution in [0.2, 0.25) is 10.0 Å². The van der Waals surface area contributed by atoms with Crippen molar-refractivity contribution in [1.29, 1.82) is 0 Å². The zero-order chi connectivity index (χ0) is 15.4. The van der Waals surface area contributed by atoms with Crippen LogP contribution in [0.3, 0.4) is 0 Å². The van der Waals surface area contributed by atoms with E-state index < -0.39 is 6.04 Å². The van der Waals surface area contributed by atoms with Gasteiger partial charge in [0.25, 0.3) is 0 Å². The minimum atomic E-state index is -0.411. The first-order chi connectivity index (χ1) is 10.0. The molecule has 2 amide bonds. The molecule has 1 aromatic carbocycles. The average molecular weight is 327 g/mol. The van der Waals surface area contributed by atoms with Crippen LogP contribution < -0.4 is 5.32 Å². The van der Waals surface area contributed by atoms with Crippen LogP contribution in [-0.2, 0) is 9.59 Å².